The molecule has 2 aromatic carbocycles. The van der Waals surface area contributed by atoms with Crippen LogP contribution in [0.15, 0.2) is 70.2 Å². The van der Waals surface area contributed by atoms with Gasteiger partial charge in [-0.3, -0.25) is 4.90 Å². The van der Waals surface area contributed by atoms with E-state index in [2.05, 4.69) is 22.2 Å². The number of rotatable bonds is 9. The van der Waals surface area contributed by atoms with E-state index < -0.39 is 0 Å². The van der Waals surface area contributed by atoms with Gasteiger partial charge in [-0.05, 0) is 32.4 Å². The summed E-state index contributed by atoms with van der Waals surface area (Å²) in [5, 5.41) is 4.07. The molecule has 1 aliphatic rings. The molecule has 1 fully saturated rings. The Balaban J connectivity index is 1.36. The molecule has 0 unspecified atom stereocenters. The smallest absolute Gasteiger partial charge is 0.195 e. The van der Waals surface area contributed by atoms with Crippen molar-refractivity contribution in [2.24, 2.45) is 5.16 Å². The minimum Gasteiger partial charge on any atom is -0.440 e. The van der Waals surface area contributed by atoms with E-state index in [1.807, 2.05) is 48.5 Å². The maximum atomic E-state index is 6.13. The van der Waals surface area contributed by atoms with E-state index in [4.69, 9.17) is 14.2 Å². The Bertz CT molecular complexity index is 843. The van der Waals surface area contributed by atoms with Crippen molar-refractivity contribution in [2.75, 3.05) is 26.2 Å². The van der Waals surface area contributed by atoms with Crippen LogP contribution in [-0.2, 0) is 11.3 Å². The Morgan fingerprint density at radius 3 is 2.38 bits per heavy atom. The Kier molecular flexibility index (Phi) is 6.71. The highest BCUT2D eigenvalue weighted by molar-refractivity contribution is 5.76. The molecule has 150 valence electrons. The number of benzene rings is 2. The number of hydrogen-bond acceptors (Lipinski definition) is 5. The predicted octanol–water partition coefficient (Wildman–Crippen LogP) is 5.04. The van der Waals surface area contributed by atoms with Crippen LogP contribution in [-0.4, -0.2) is 42.3 Å². The second kappa shape index (κ2) is 10.0. The van der Waals surface area contributed by atoms with Crippen LogP contribution in [0.25, 0.3) is 22.6 Å². The molecule has 29 heavy (non-hydrogen) atoms. The van der Waals surface area contributed by atoms with Gasteiger partial charge in [0.25, 0.3) is 0 Å². The van der Waals surface area contributed by atoms with Crippen molar-refractivity contribution in [1.82, 2.24) is 9.88 Å². The minimum atomic E-state index is 0.645. The maximum Gasteiger partial charge on any atom is 0.195 e. The van der Waals surface area contributed by atoms with Gasteiger partial charge in [-0.2, -0.15) is 0 Å². The SMILES string of the molecule is C(CCc1nc(-c2ccccc2)c(-c2ccccc2)o1)=NOCCN1CCCC1. The van der Waals surface area contributed by atoms with Gasteiger partial charge in [-0.1, -0.05) is 65.8 Å². The van der Waals surface area contributed by atoms with E-state index in [1.165, 1.54) is 25.9 Å². The second-order valence-corrected chi connectivity index (χ2v) is 7.23. The van der Waals surface area contributed by atoms with E-state index in [9.17, 15) is 0 Å². The maximum absolute atomic E-state index is 6.13. The van der Waals surface area contributed by atoms with Crippen molar-refractivity contribution in [3.8, 4) is 22.6 Å². The van der Waals surface area contributed by atoms with Crippen molar-refractivity contribution in [3.05, 3.63) is 66.6 Å². The summed E-state index contributed by atoms with van der Waals surface area (Å²) in [4.78, 5) is 12.6. The zero-order valence-electron chi connectivity index (χ0n) is 16.7. The van der Waals surface area contributed by atoms with Crippen molar-refractivity contribution in [1.29, 1.82) is 0 Å². The average molecular weight is 389 g/mol. The number of oxazole rings is 1. The van der Waals surface area contributed by atoms with Crippen LogP contribution in [0, 0.1) is 0 Å². The fraction of sp³-hybridized carbons (Fsp3) is 0.333. The predicted molar refractivity (Wildman–Crippen MR) is 116 cm³/mol. The topological polar surface area (TPSA) is 50.9 Å². The van der Waals surface area contributed by atoms with Crippen LogP contribution in [0.4, 0.5) is 0 Å². The van der Waals surface area contributed by atoms with Crippen LogP contribution in [0.2, 0.25) is 0 Å². The number of nitrogens with zero attached hydrogens (tertiary/aromatic N) is 3. The van der Waals surface area contributed by atoms with Gasteiger partial charge in [-0.25, -0.2) is 4.98 Å². The van der Waals surface area contributed by atoms with Gasteiger partial charge in [0.2, 0.25) is 0 Å². The molecule has 3 aromatic rings. The summed E-state index contributed by atoms with van der Waals surface area (Å²) >= 11 is 0. The summed E-state index contributed by atoms with van der Waals surface area (Å²) in [6, 6.07) is 20.3. The highest BCUT2D eigenvalue weighted by Gasteiger charge is 2.16. The summed E-state index contributed by atoms with van der Waals surface area (Å²) in [6.45, 7) is 3.97. The number of hydrogen-bond donors (Lipinski definition) is 0. The largest absolute Gasteiger partial charge is 0.440 e. The van der Waals surface area contributed by atoms with Gasteiger partial charge in [0, 0.05) is 30.3 Å². The summed E-state index contributed by atoms with van der Waals surface area (Å²) in [7, 11) is 0. The molecule has 0 N–H and O–H groups in total. The highest BCUT2D eigenvalue weighted by Crippen LogP contribution is 2.32. The lowest BCUT2D eigenvalue weighted by Crippen LogP contribution is -2.23. The Labute approximate surface area is 172 Å². The normalized spacial score (nSPS) is 14.6. The fourth-order valence-electron chi connectivity index (χ4n) is 3.57. The van der Waals surface area contributed by atoms with Crippen LogP contribution in [0.5, 0.6) is 0 Å². The first-order valence-corrected chi connectivity index (χ1v) is 10.4. The molecule has 0 bridgehead atoms. The second-order valence-electron chi connectivity index (χ2n) is 7.23. The molecular weight excluding hydrogens is 362 g/mol. The van der Waals surface area contributed by atoms with Crippen LogP contribution >= 0.6 is 0 Å². The van der Waals surface area contributed by atoms with Crippen LogP contribution in [0.1, 0.15) is 25.2 Å². The molecule has 5 heteroatoms. The van der Waals surface area contributed by atoms with E-state index >= 15 is 0 Å². The summed E-state index contributed by atoms with van der Waals surface area (Å²) in [5.74, 6) is 1.52. The molecule has 1 saturated heterocycles. The molecule has 4 rings (SSSR count). The monoisotopic (exact) mass is 389 g/mol. The quantitative estimate of drug-likeness (QED) is 0.292. The van der Waals surface area contributed by atoms with Crippen molar-refractivity contribution < 1.29 is 9.25 Å². The summed E-state index contributed by atoms with van der Waals surface area (Å²) < 4.78 is 6.13. The average Bonchev–Trinajstić information content (AvgIpc) is 3.44. The Morgan fingerprint density at radius 1 is 0.966 bits per heavy atom. The minimum absolute atomic E-state index is 0.645. The molecule has 0 spiro atoms. The van der Waals surface area contributed by atoms with E-state index in [0.29, 0.717) is 18.9 Å². The molecule has 0 saturated carbocycles. The third-order valence-corrected chi connectivity index (χ3v) is 5.09. The van der Waals surface area contributed by atoms with Crippen LogP contribution < -0.4 is 0 Å². The molecule has 1 aromatic heterocycles. The molecule has 1 aliphatic heterocycles. The van der Waals surface area contributed by atoms with Crippen molar-refractivity contribution in [3.63, 3.8) is 0 Å². The Hall–Kier alpha value is -2.92. The first-order chi connectivity index (χ1) is 14.4. The van der Waals surface area contributed by atoms with Crippen molar-refractivity contribution in [2.45, 2.75) is 25.7 Å². The third kappa shape index (κ3) is 5.33. The summed E-state index contributed by atoms with van der Waals surface area (Å²) in [6.07, 6.45) is 5.82. The fourth-order valence-corrected chi connectivity index (χ4v) is 3.57. The summed E-state index contributed by atoms with van der Waals surface area (Å²) in [5.41, 5.74) is 2.97. The molecule has 0 atom stereocenters. The van der Waals surface area contributed by atoms with Gasteiger partial charge in [0.1, 0.15) is 12.3 Å². The lowest BCUT2D eigenvalue weighted by Gasteiger charge is -2.12. The molecular formula is C24H27N3O2. The molecule has 2 heterocycles. The molecule has 5 nitrogen and oxygen atoms in total. The zero-order chi connectivity index (χ0) is 19.7. The highest BCUT2D eigenvalue weighted by atomic mass is 16.6. The van der Waals surface area contributed by atoms with Crippen LogP contribution in [0.3, 0.4) is 0 Å². The number of aryl methyl sites for hydroxylation is 1. The number of likely N-dealkylation sites (tertiary alicyclic amines) is 1. The van der Waals surface area contributed by atoms with Gasteiger partial charge in [0.05, 0.1) is 0 Å². The van der Waals surface area contributed by atoms with E-state index in [-0.39, 0.29) is 0 Å². The lowest BCUT2D eigenvalue weighted by molar-refractivity contribution is 0.119. The standard InChI is InChI=1S/C24H27N3O2/c1-3-10-20(11-4-1)23-24(21-12-5-2-6-13-21)29-22(26-23)14-9-15-25-28-19-18-27-16-7-8-17-27/h1-6,10-13,15H,7-9,14,16-19H2. The van der Waals surface area contributed by atoms with E-state index in [1.54, 1.807) is 6.21 Å². The molecule has 0 radical (unpaired) electrons. The van der Waals surface area contributed by atoms with Crippen molar-refractivity contribution >= 4 is 6.21 Å². The van der Waals surface area contributed by atoms with Gasteiger partial charge < -0.3 is 9.25 Å². The van der Waals surface area contributed by atoms with Gasteiger partial charge in [0.15, 0.2) is 11.7 Å². The number of aromatic nitrogens is 1. The third-order valence-electron chi connectivity index (χ3n) is 5.09. The first kappa shape index (κ1) is 19.4. The Morgan fingerprint density at radius 2 is 1.66 bits per heavy atom. The van der Waals surface area contributed by atoms with E-state index in [0.717, 1.165) is 35.5 Å². The van der Waals surface area contributed by atoms with Gasteiger partial charge >= 0.3 is 0 Å². The lowest BCUT2D eigenvalue weighted by atomic mass is 10.1. The number of oxime groups is 1. The zero-order valence-corrected chi connectivity index (χ0v) is 16.7. The van der Waals surface area contributed by atoms with Gasteiger partial charge in [-0.15, -0.1) is 0 Å². The molecule has 0 amide bonds. The first-order valence-electron chi connectivity index (χ1n) is 10.4. The molecule has 0 aliphatic carbocycles.